The lowest BCUT2D eigenvalue weighted by Gasteiger charge is -2.12. The van der Waals surface area contributed by atoms with Crippen LogP contribution in [0.3, 0.4) is 0 Å². The standard InChI is InChI=1S/C18H19FN2O2.ClH/c1-23-15-5-2-12(3-6-15)13-4-7-16(17(19)10-13)18(22)21-14-8-9-20-11-14;/h2-7,10,14,20H,8-9,11H2,1H3,(H,21,22);1H. The molecule has 24 heavy (non-hydrogen) atoms. The van der Waals surface area contributed by atoms with Gasteiger partial charge in [0.2, 0.25) is 0 Å². The topological polar surface area (TPSA) is 50.4 Å². The number of methoxy groups -OCH3 is 1. The summed E-state index contributed by atoms with van der Waals surface area (Å²) in [6.07, 6.45) is 0.872. The molecule has 0 aliphatic carbocycles. The lowest BCUT2D eigenvalue weighted by atomic mass is 10.0. The highest BCUT2D eigenvalue weighted by Crippen LogP contribution is 2.24. The number of benzene rings is 2. The van der Waals surface area contributed by atoms with E-state index in [4.69, 9.17) is 4.74 Å². The Bertz CT molecular complexity index is 701. The van der Waals surface area contributed by atoms with E-state index in [1.807, 2.05) is 24.3 Å². The summed E-state index contributed by atoms with van der Waals surface area (Å²) in [5.41, 5.74) is 1.68. The Hall–Kier alpha value is -2.11. The van der Waals surface area contributed by atoms with E-state index in [0.29, 0.717) is 0 Å². The number of ether oxygens (including phenoxy) is 1. The number of hydrogen-bond acceptors (Lipinski definition) is 3. The van der Waals surface area contributed by atoms with Crippen molar-refractivity contribution < 1.29 is 13.9 Å². The molecule has 0 saturated carbocycles. The van der Waals surface area contributed by atoms with E-state index >= 15 is 0 Å². The summed E-state index contributed by atoms with van der Waals surface area (Å²) in [6, 6.07) is 12.1. The van der Waals surface area contributed by atoms with Crippen molar-refractivity contribution in [1.82, 2.24) is 10.6 Å². The molecule has 1 atom stereocenters. The summed E-state index contributed by atoms with van der Waals surface area (Å²) >= 11 is 0. The lowest BCUT2D eigenvalue weighted by molar-refractivity contribution is 0.0936. The highest BCUT2D eigenvalue weighted by Gasteiger charge is 2.19. The van der Waals surface area contributed by atoms with Crippen LogP contribution < -0.4 is 15.4 Å². The number of halogens is 2. The molecule has 2 aromatic carbocycles. The van der Waals surface area contributed by atoms with E-state index in [-0.39, 0.29) is 29.9 Å². The zero-order chi connectivity index (χ0) is 16.2. The Balaban J connectivity index is 0.00000208. The van der Waals surface area contributed by atoms with E-state index in [1.165, 1.54) is 12.1 Å². The average molecular weight is 351 g/mol. The second-order valence-electron chi connectivity index (χ2n) is 5.59. The minimum absolute atomic E-state index is 0. The van der Waals surface area contributed by atoms with Gasteiger partial charge in [-0.25, -0.2) is 4.39 Å². The summed E-state index contributed by atoms with van der Waals surface area (Å²) in [5.74, 6) is -0.130. The van der Waals surface area contributed by atoms with E-state index in [1.54, 1.807) is 13.2 Å². The smallest absolute Gasteiger partial charge is 0.254 e. The van der Waals surface area contributed by atoms with Crippen LogP contribution in [0.1, 0.15) is 16.8 Å². The molecule has 128 valence electrons. The van der Waals surface area contributed by atoms with Crippen molar-refractivity contribution in [2.24, 2.45) is 0 Å². The fraction of sp³-hybridized carbons (Fsp3) is 0.278. The molecule has 0 radical (unpaired) electrons. The maximum atomic E-state index is 14.3. The van der Waals surface area contributed by atoms with Crippen molar-refractivity contribution in [2.45, 2.75) is 12.5 Å². The first kappa shape index (κ1) is 18.2. The van der Waals surface area contributed by atoms with Gasteiger partial charge in [-0.2, -0.15) is 0 Å². The number of carbonyl (C=O) groups is 1. The van der Waals surface area contributed by atoms with Crippen LogP contribution in [-0.4, -0.2) is 32.1 Å². The van der Waals surface area contributed by atoms with Gasteiger partial charge in [0.25, 0.3) is 5.91 Å². The molecule has 2 N–H and O–H groups in total. The van der Waals surface area contributed by atoms with Gasteiger partial charge in [0.1, 0.15) is 11.6 Å². The second kappa shape index (κ2) is 8.13. The Morgan fingerprint density at radius 3 is 2.50 bits per heavy atom. The molecule has 1 aliphatic rings. The highest BCUT2D eigenvalue weighted by atomic mass is 35.5. The molecular formula is C18H20ClFN2O2. The van der Waals surface area contributed by atoms with Crippen LogP contribution in [0.15, 0.2) is 42.5 Å². The van der Waals surface area contributed by atoms with Crippen LogP contribution in [-0.2, 0) is 0 Å². The predicted molar refractivity (Wildman–Crippen MR) is 94.4 cm³/mol. The van der Waals surface area contributed by atoms with Crippen molar-refractivity contribution in [2.75, 3.05) is 20.2 Å². The van der Waals surface area contributed by atoms with Gasteiger partial charge >= 0.3 is 0 Å². The molecule has 6 heteroatoms. The van der Waals surface area contributed by atoms with Gasteiger partial charge < -0.3 is 15.4 Å². The Morgan fingerprint density at radius 2 is 1.92 bits per heavy atom. The third-order valence-corrected chi connectivity index (χ3v) is 4.03. The summed E-state index contributed by atoms with van der Waals surface area (Å²) in [5, 5.41) is 6.02. The summed E-state index contributed by atoms with van der Waals surface area (Å²) in [6.45, 7) is 1.61. The van der Waals surface area contributed by atoms with Gasteiger partial charge in [-0.3, -0.25) is 4.79 Å². The largest absolute Gasteiger partial charge is 0.497 e. The van der Waals surface area contributed by atoms with Gasteiger partial charge in [0, 0.05) is 12.6 Å². The van der Waals surface area contributed by atoms with Crippen molar-refractivity contribution in [3.8, 4) is 16.9 Å². The van der Waals surface area contributed by atoms with E-state index in [0.717, 1.165) is 36.4 Å². The van der Waals surface area contributed by atoms with Crippen LogP contribution >= 0.6 is 12.4 Å². The molecule has 1 unspecified atom stereocenters. The molecule has 1 fully saturated rings. The number of rotatable bonds is 4. The lowest BCUT2D eigenvalue weighted by Crippen LogP contribution is -2.36. The van der Waals surface area contributed by atoms with Crippen LogP contribution in [0.4, 0.5) is 4.39 Å². The van der Waals surface area contributed by atoms with Gasteiger partial charge in [0.15, 0.2) is 0 Å². The minimum Gasteiger partial charge on any atom is -0.497 e. The zero-order valence-electron chi connectivity index (χ0n) is 13.3. The summed E-state index contributed by atoms with van der Waals surface area (Å²) in [4.78, 5) is 12.2. The van der Waals surface area contributed by atoms with E-state index < -0.39 is 5.82 Å². The molecule has 0 aromatic heterocycles. The number of nitrogens with one attached hydrogen (secondary N) is 2. The summed E-state index contributed by atoms with van der Waals surface area (Å²) in [7, 11) is 1.60. The Kier molecular flexibility index (Phi) is 6.17. The molecule has 1 heterocycles. The van der Waals surface area contributed by atoms with Crippen LogP contribution in [0.5, 0.6) is 5.75 Å². The van der Waals surface area contributed by atoms with Crippen molar-refractivity contribution in [3.63, 3.8) is 0 Å². The highest BCUT2D eigenvalue weighted by molar-refractivity contribution is 5.95. The van der Waals surface area contributed by atoms with E-state index in [2.05, 4.69) is 10.6 Å². The first-order valence-electron chi connectivity index (χ1n) is 7.63. The van der Waals surface area contributed by atoms with Crippen molar-refractivity contribution in [1.29, 1.82) is 0 Å². The van der Waals surface area contributed by atoms with Crippen molar-refractivity contribution >= 4 is 18.3 Å². The molecule has 4 nitrogen and oxygen atoms in total. The second-order valence-corrected chi connectivity index (χ2v) is 5.59. The maximum Gasteiger partial charge on any atom is 0.254 e. The average Bonchev–Trinajstić information content (AvgIpc) is 3.07. The van der Waals surface area contributed by atoms with Crippen molar-refractivity contribution in [3.05, 3.63) is 53.8 Å². The van der Waals surface area contributed by atoms with Crippen LogP contribution in [0.25, 0.3) is 11.1 Å². The predicted octanol–water partition coefficient (Wildman–Crippen LogP) is 3.01. The Labute approximate surface area is 146 Å². The molecule has 0 spiro atoms. The number of carbonyl (C=O) groups excluding carboxylic acids is 1. The molecule has 3 rings (SSSR count). The van der Waals surface area contributed by atoms with Gasteiger partial charge in [-0.1, -0.05) is 18.2 Å². The van der Waals surface area contributed by atoms with Crippen LogP contribution in [0, 0.1) is 5.82 Å². The SMILES string of the molecule is COc1ccc(-c2ccc(C(=O)NC3CCNC3)c(F)c2)cc1.Cl. The first-order chi connectivity index (χ1) is 11.2. The Morgan fingerprint density at radius 1 is 1.21 bits per heavy atom. The van der Waals surface area contributed by atoms with E-state index in [9.17, 15) is 9.18 Å². The monoisotopic (exact) mass is 350 g/mol. The van der Waals surface area contributed by atoms with Crippen LogP contribution in [0.2, 0.25) is 0 Å². The van der Waals surface area contributed by atoms with Gasteiger partial charge in [-0.15, -0.1) is 12.4 Å². The number of amides is 1. The fourth-order valence-electron chi connectivity index (χ4n) is 2.70. The number of hydrogen-bond donors (Lipinski definition) is 2. The fourth-order valence-corrected chi connectivity index (χ4v) is 2.70. The third kappa shape index (κ3) is 4.04. The molecule has 1 aliphatic heterocycles. The maximum absolute atomic E-state index is 14.3. The van der Waals surface area contributed by atoms with Gasteiger partial charge in [0.05, 0.1) is 12.7 Å². The van der Waals surface area contributed by atoms with Gasteiger partial charge in [-0.05, 0) is 48.4 Å². The zero-order valence-corrected chi connectivity index (χ0v) is 14.2. The first-order valence-corrected chi connectivity index (χ1v) is 7.63. The molecule has 1 saturated heterocycles. The minimum atomic E-state index is -0.512. The molecule has 1 amide bonds. The quantitative estimate of drug-likeness (QED) is 0.891. The third-order valence-electron chi connectivity index (χ3n) is 4.03. The molecule has 2 aromatic rings. The summed E-state index contributed by atoms with van der Waals surface area (Å²) < 4.78 is 19.4. The molecular weight excluding hydrogens is 331 g/mol. The molecule has 0 bridgehead atoms. The normalized spacial score (nSPS) is 16.3.